The van der Waals surface area contributed by atoms with Crippen molar-refractivity contribution in [3.8, 4) is 0 Å². The standard InChI is InChI=1S/C16H15ClN2O4S/c1-10-14(17)4-3-5-15(10)24(22,23)19-12-7-6-11(9-20)13(8-12)16(21)18-2/h3-9,19H,1-2H3,(H,18,21). The van der Waals surface area contributed by atoms with Crippen LogP contribution < -0.4 is 10.0 Å². The van der Waals surface area contributed by atoms with Crippen molar-refractivity contribution in [2.75, 3.05) is 11.8 Å². The Morgan fingerprint density at radius 2 is 1.92 bits per heavy atom. The fraction of sp³-hybridized carbons (Fsp3) is 0.125. The smallest absolute Gasteiger partial charge is 0.262 e. The highest BCUT2D eigenvalue weighted by molar-refractivity contribution is 7.92. The van der Waals surface area contributed by atoms with Crippen LogP contribution in [0.4, 0.5) is 5.69 Å². The van der Waals surface area contributed by atoms with Crippen LogP contribution in [-0.4, -0.2) is 27.7 Å². The van der Waals surface area contributed by atoms with Crippen molar-refractivity contribution < 1.29 is 18.0 Å². The molecular formula is C16H15ClN2O4S. The summed E-state index contributed by atoms with van der Waals surface area (Å²) in [6.07, 6.45) is 0.532. The molecule has 2 rings (SSSR count). The average Bonchev–Trinajstić information content (AvgIpc) is 2.56. The normalized spacial score (nSPS) is 11.0. The number of rotatable bonds is 5. The number of amides is 1. The van der Waals surface area contributed by atoms with Crippen LogP contribution in [0.2, 0.25) is 5.02 Å². The summed E-state index contributed by atoms with van der Waals surface area (Å²) >= 11 is 5.96. The second kappa shape index (κ2) is 7.02. The van der Waals surface area contributed by atoms with Crippen LogP contribution in [0, 0.1) is 6.92 Å². The molecule has 0 atom stereocenters. The van der Waals surface area contributed by atoms with E-state index in [1.165, 1.54) is 37.4 Å². The molecule has 0 saturated heterocycles. The average molecular weight is 367 g/mol. The minimum absolute atomic E-state index is 0.0379. The van der Waals surface area contributed by atoms with E-state index in [1.807, 2.05) is 0 Å². The highest BCUT2D eigenvalue weighted by atomic mass is 35.5. The van der Waals surface area contributed by atoms with Crippen molar-refractivity contribution in [1.29, 1.82) is 0 Å². The zero-order valence-corrected chi connectivity index (χ0v) is 14.5. The monoisotopic (exact) mass is 366 g/mol. The van der Waals surface area contributed by atoms with E-state index in [-0.39, 0.29) is 21.7 Å². The fourth-order valence-electron chi connectivity index (χ4n) is 2.14. The van der Waals surface area contributed by atoms with Gasteiger partial charge in [0, 0.05) is 23.3 Å². The summed E-state index contributed by atoms with van der Waals surface area (Å²) in [5.41, 5.74) is 0.827. The zero-order valence-electron chi connectivity index (χ0n) is 13.0. The second-order valence-corrected chi connectivity index (χ2v) is 7.03. The van der Waals surface area contributed by atoms with E-state index in [2.05, 4.69) is 10.0 Å². The van der Waals surface area contributed by atoms with E-state index in [1.54, 1.807) is 13.0 Å². The molecule has 0 aliphatic carbocycles. The molecule has 2 aromatic carbocycles. The predicted octanol–water partition coefficient (Wildman–Crippen LogP) is 2.62. The summed E-state index contributed by atoms with van der Waals surface area (Å²) in [5.74, 6) is -0.489. The molecule has 0 saturated carbocycles. The van der Waals surface area contributed by atoms with Crippen LogP contribution in [0.5, 0.6) is 0 Å². The van der Waals surface area contributed by atoms with Crippen LogP contribution in [0.3, 0.4) is 0 Å². The number of hydrogen-bond acceptors (Lipinski definition) is 4. The van der Waals surface area contributed by atoms with Crippen molar-refractivity contribution >= 4 is 39.5 Å². The van der Waals surface area contributed by atoms with Crippen LogP contribution >= 0.6 is 11.6 Å². The van der Waals surface area contributed by atoms with Gasteiger partial charge in [-0.25, -0.2) is 8.42 Å². The minimum atomic E-state index is -3.89. The highest BCUT2D eigenvalue weighted by Crippen LogP contribution is 2.25. The van der Waals surface area contributed by atoms with Crippen LogP contribution in [0.15, 0.2) is 41.3 Å². The molecule has 0 radical (unpaired) electrons. The molecule has 0 fully saturated rings. The van der Waals surface area contributed by atoms with Crippen LogP contribution in [-0.2, 0) is 10.0 Å². The summed E-state index contributed by atoms with van der Waals surface area (Å²) < 4.78 is 27.5. The lowest BCUT2D eigenvalue weighted by Gasteiger charge is -2.12. The Labute approximate surface area is 144 Å². The van der Waals surface area contributed by atoms with Crippen LogP contribution in [0.25, 0.3) is 0 Å². The molecule has 6 nitrogen and oxygen atoms in total. The quantitative estimate of drug-likeness (QED) is 0.795. The molecule has 126 valence electrons. The molecule has 2 N–H and O–H groups in total. The lowest BCUT2D eigenvalue weighted by molar-refractivity contribution is 0.0957. The lowest BCUT2D eigenvalue weighted by atomic mass is 10.1. The van der Waals surface area contributed by atoms with Gasteiger partial charge in [-0.05, 0) is 42.8 Å². The minimum Gasteiger partial charge on any atom is -0.355 e. The number of aldehydes is 1. The van der Waals surface area contributed by atoms with Gasteiger partial charge in [-0.15, -0.1) is 0 Å². The Morgan fingerprint density at radius 3 is 2.54 bits per heavy atom. The van der Waals surface area contributed by atoms with Crippen molar-refractivity contribution in [3.05, 3.63) is 58.1 Å². The van der Waals surface area contributed by atoms with Crippen molar-refractivity contribution in [2.24, 2.45) is 0 Å². The first-order valence-corrected chi connectivity index (χ1v) is 8.75. The van der Waals surface area contributed by atoms with Crippen LogP contribution in [0.1, 0.15) is 26.3 Å². The van der Waals surface area contributed by atoms with Gasteiger partial charge >= 0.3 is 0 Å². The fourth-order valence-corrected chi connectivity index (χ4v) is 3.69. The molecule has 0 aliphatic rings. The molecule has 0 heterocycles. The van der Waals surface area contributed by atoms with E-state index in [0.29, 0.717) is 16.9 Å². The molecule has 0 aliphatic heterocycles. The van der Waals surface area contributed by atoms with E-state index in [4.69, 9.17) is 11.6 Å². The lowest BCUT2D eigenvalue weighted by Crippen LogP contribution is -2.20. The van der Waals surface area contributed by atoms with Gasteiger partial charge in [-0.3, -0.25) is 14.3 Å². The maximum Gasteiger partial charge on any atom is 0.262 e. The van der Waals surface area contributed by atoms with E-state index >= 15 is 0 Å². The first-order valence-electron chi connectivity index (χ1n) is 6.89. The molecule has 0 aromatic heterocycles. The van der Waals surface area contributed by atoms with Crippen molar-refractivity contribution in [2.45, 2.75) is 11.8 Å². The van der Waals surface area contributed by atoms with Gasteiger partial charge in [-0.2, -0.15) is 0 Å². The number of carbonyl (C=O) groups excluding carboxylic acids is 2. The third kappa shape index (κ3) is 3.58. The molecule has 24 heavy (non-hydrogen) atoms. The Hall–Kier alpha value is -2.38. The number of benzene rings is 2. The van der Waals surface area contributed by atoms with Gasteiger partial charge < -0.3 is 5.32 Å². The van der Waals surface area contributed by atoms with E-state index in [0.717, 1.165) is 0 Å². The molecular weight excluding hydrogens is 352 g/mol. The second-order valence-electron chi connectivity index (χ2n) is 4.97. The highest BCUT2D eigenvalue weighted by Gasteiger charge is 2.19. The maximum absolute atomic E-state index is 12.5. The van der Waals surface area contributed by atoms with Crippen molar-refractivity contribution in [1.82, 2.24) is 5.32 Å². The maximum atomic E-state index is 12.5. The Kier molecular flexibility index (Phi) is 5.26. The number of hydrogen-bond donors (Lipinski definition) is 2. The SMILES string of the molecule is CNC(=O)c1cc(NS(=O)(=O)c2cccc(Cl)c2C)ccc1C=O. The first kappa shape index (κ1) is 18.0. The zero-order chi connectivity index (χ0) is 17.9. The van der Waals surface area contributed by atoms with Gasteiger partial charge in [0.15, 0.2) is 6.29 Å². The topological polar surface area (TPSA) is 92.3 Å². The van der Waals surface area contributed by atoms with Gasteiger partial charge in [0.2, 0.25) is 0 Å². The third-order valence-electron chi connectivity index (χ3n) is 3.41. The third-order valence-corrected chi connectivity index (χ3v) is 5.35. The van der Waals surface area contributed by atoms with Gasteiger partial charge in [0.25, 0.3) is 15.9 Å². The summed E-state index contributed by atoms with van der Waals surface area (Å²) in [5, 5.41) is 2.74. The van der Waals surface area contributed by atoms with Gasteiger partial charge in [0.1, 0.15) is 0 Å². The summed E-state index contributed by atoms with van der Waals surface area (Å²) in [7, 11) is -2.47. The summed E-state index contributed by atoms with van der Waals surface area (Å²) in [6.45, 7) is 1.60. The summed E-state index contributed by atoms with van der Waals surface area (Å²) in [6, 6.07) is 8.66. The van der Waals surface area contributed by atoms with E-state index < -0.39 is 15.9 Å². The Bertz CT molecular complexity index is 910. The van der Waals surface area contributed by atoms with Gasteiger partial charge in [0.05, 0.1) is 10.5 Å². The Morgan fingerprint density at radius 1 is 1.21 bits per heavy atom. The first-order chi connectivity index (χ1) is 11.3. The Balaban J connectivity index is 2.45. The number of carbonyl (C=O) groups is 2. The number of halogens is 1. The summed E-state index contributed by atoms with van der Waals surface area (Å²) in [4.78, 5) is 22.9. The number of anilines is 1. The molecule has 0 unspecified atom stereocenters. The molecule has 2 aromatic rings. The van der Waals surface area contributed by atoms with Gasteiger partial charge in [-0.1, -0.05) is 17.7 Å². The molecule has 0 spiro atoms. The predicted molar refractivity (Wildman–Crippen MR) is 92.2 cm³/mol. The number of sulfonamides is 1. The largest absolute Gasteiger partial charge is 0.355 e. The molecule has 8 heteroatoms. The molecule has 1 amide bonds. The molecule has 0 bridgehead atoms. The van der Waals surface area contributed by atoms with E-state index in [9.17, 15) is 18.0 Å². The van der Waals surface area contributed by atoms with Crippen molar-refractivity contribution in [3.63, 3.8) is 0 Å². The number of nitrogens with one attached hydrogen (secondary N) is 2.